The maximum atomic E-state index is 8.82. The van der Waals surface area contributed by atoms with Gasteiger partial charge in [-0.05, 0) is 24.6 Å². The first-order valence-corrected chi connectivity index (χ1v) is 4.51. The van der Waals surface area contributed by atoms with Crippen LogP contribution in [0, 0.1) is 0 Å². The van der Waals surface area contributed by atoms with Gasteiger partial charge < -0.3 is 20.8 Å². The van der Waals surface area contributed by atoms with E-state index in [9.17, 15) is 0 Å². The molecule has 1 unspecified atom stereocenters. The summed E-state index contributed by atoms with van der Waals surface area (Å²) in [5.41, 5.74) is 6.16. The fourth-order valence-corrected chi connectivity index (χ4v) is 1.02. The van der Waals surface area contributed by atoms with E-state index in [0.717, 1.165) is 5.56 Å². The number of rotatable bonds is 4. The van der Waals surface area contributed by atoms with Crippen LogP contribution in [0.2, 0.25) is 0 Å². The molecule has 82 valence electrons. The van der Waals surface area contributed by atoms with Crippen LogP contribution >= 0.6 is 0 Å². The topological polar surface area (TPSA) is 88.1 Å². The molecule has 1 aromatic rings. The zero-order chi connectivity index (χ0) is 11.3. The molecule has 1 aromatic carbocycles. The summed E-state index contributed by atoms with van der Waals surface area (Å²) in [6, 6.07) is 6.92. The summed E-state index contributed by atoms with van der Waals surface area (Å²) in [6.07, 6.45) is -0.491. The molecule has 1 rings (SSSR count). The zero-order valence-electron chi connectivity index (χ0n) is 8.42. The number of benzene rings is 1. The monoisotopic (exact) mass is 210 g/mol. The van der Waals surface area contributed by atoms with E-state index >= 15 is 0 Å². The molecule has 0 aliphatic carbocycles. The standard InChI is InChI=1S/C10H14N2O3/c1-7(10(11)12-14)15-9-4-2-8(6-13)3-5-9/h2-5,7,13-14H,6H2,1H3,(H2,11,12). The van der Waals surface area contributed by atoms with Crippen molar-refractivity contribution in [3.63, 3.8) is 0 Å². The summed E-state index contributed by atoms with van der Waals surface area (Å²) < 4.78 is 5.37. The zero-order valence-corrected chi connectivity index (χ0v) is 8.42. The van der Waals surface area contributed by atoms with Crippen LogP contribution in [0.5, 0.6) is 5.75 Å². The minimum Gasteiger partial charge on any atom is -0.483 e. The van der Waals surface area contributed by atoms with E-state index in [1.54, 1.807) is 31.2 Å². The van der Waals surface area contributed by atoms with Gasteiger partial charge in [-0.1, -0.05) is 17.3 Å². The molecule has 0 fully saturated rings. The molecular weight excluding hydrogens is 196 g/mol. The maximum absolute atomic E-state index is 8.82. The van der Waals surface area contributed by atoms with E-state index in [1.807, 2.05) is 0 Å². The highest BCUT2D eigenvalue weighted by molar-refractivity contribution is 5.84. The minimum atomic E-state index is -0.491. The molecule has 5 nitrogen and oxygen atoms in total. The van der Waals surface area contributed by atoms with Crippen molar-refractivity contribution >= 4 is 5.84 Å². The summed E-state index contributed by atoms with van der Waals surface area (Å²) in [6.45, 7) is 1.67. The Morgan fingerprint density at radius 1 is 1.47 bits per heavy atom. The number of aliphatic hydroxyl groups is 1. The normalized spacial score (nSPS) is 13.6. The van der Waals surface area contributed by atoms with Crippen molar-refractivity contribution in [3.8, 4) is 5.75 Å². The third-order valence-corrected chi connectivity index (χ3v) is 1.95. The lowest BCUT2D eigenvalue weighted by molar-refractivity contribution is 0.264. The molecule has 4 N–H and O–H groups in total. The van der Waals surface area contributed by atoms with Gasteiger partial charge in [-0.15, -0.1) is 0 Å². The molecule has 0 saturated heterocycles. The van der Waals surface area contributed by atoms with Crippen LogP contribution in [-0.2, 0) is 6.61 Å². The van der Waals surface area contributed by atoms with Crippen molar-refractivity contribution < 1.29 is 15.1 Å². The summed E-state index contributed by atoms with van der Waals surface area (Å²) in [7, 11) is 0. The van der Waals surface area contributed by atoms with Crippen LogP contribution in [0.3, 0.4) is 0 Å². The molecular formula is C10H14N2O3. The summed E-state index contributed by atoms with van der Waals surface area (Å²) in [5.74, 6) is 0.618. The highest BCUT2D eigenvalue weighted by Crippen LogP contribution is 2.13. The molecule has 0 aliphatic heterocycles. The van der Waals surface area contributed by atoms with Gasteiger partial charge in [-0.25, -0.2) is 0 Å². The Bertz CT molecular complexity index is 335. The molecule has 0 heterocycles. The molecule has 5 heteroatoms. The predicted molar refractivity (Wildman–Crippen MR) is 55.9 cm³/mol. The fraction of sp³-hybridized carbons (Fsp3) is 0.300. The van der Waals surface area contributed by atoms with E-state index < -0.39 is 6.10 Å². The first-order valence-electron chi connectivity index (χ1n) is 4.51. The van der Waals surface area contributed by atoms with Gasteiger partial charge in [0.05, 0.1) is 6.61 Å². The summed E-state index contributed by atoms with van der Waals surface area (Å²) in [5, 5.41) is 20.1. The highest BCUT2D eigenvalue weighted by Gasteiger charge is 2.08. The van der Waals surface area contributed by atoms with Crippen LogP contribution in [0.4, 0.5) is 0 Å². The Kier molecular flexibility index (Phi) is 3.93. The number of nitrogens with two attached hydrogens (primary N) is 1. The Labute approximate surface area is 87.8 Å². The lowest BCUT2D eigenvalue weighted by Gasteiger charge is -2.12. The van der Waals surface area contributed by atoms with Gasteiger partial charge in [0, 0.05) is 0 Å². The highest BCUT2D eigenvalue weighted by atomic mass is 16.5. The van der Waals surface area contributed by atoms with Gasteiger partial charge in [-0.2, -0.15) is 0 Å². The van der Waals surface area contributed by atoms with Crippen LogP contribution in [0.1, 0.15) is 12.5 Å². The fourth-order valence-electron chi connectivity index (χ4n) is 1.02. The maximum Gasteiger partial charge on any atom is 0.180 e. The molecule has 0 saturated carbocycles. The predicted octanol–water partition coefficient (Wildman–Crippen LogP) is 0.693. The van der Waals surface area contributed by atoms with Gasteiger partial charge >= 0.3 is 0 Å². The molecule has 0 radical (unpaired) electrons. The second-order valence-electron chi connectivity index (χ2n) is 3.09. The molecule has 1 atom stereocenters. The third-order valence-electron chi connectivity index (χ3n) is 1.95. The number of hydrogen-bond acceptors (Lipinski definition) is 4. The van der Waals surface area contributed by atoms with Crippen molar-refractivity contribution in [2.45, 2.75) is 19.6 Å². The molecule has 0 aromatic heterocycles. The van der Waals surface area contributed by atoms with E-state index in [1.165, 1.54) is 0 Å². The van der Waals surface area contributed by atoms with Crippen molar-refractivity contribution in [2.75, 3.05) is 0 Å². The van der Waals surface area contributed by atoms with Crippen molar-refractivity contribution in [1.29, 1.82) is 0 Å². The van der Waals surface area contributed by atoms with Gasteiger partial charge in [-0.3, -0.25) is 0 Å². The van der Waals surface area contributed by atoms with Crippen molar-refractivity contribution in [2.24, 2.45) is 10.9 Å². The molecule has 15 heavy (non-hydrogen) atoms. The number of amidine groups is 1. The number of oxime groups is 1. The van der Waals surface area contributed by atoms with Gasteiger partial charge in [0.25, 0.3) is 0 Å². The minimum absolute atomic E-state index is 0.00390. The number of nitrogens with zero attached hydrogens (tertiary/aromatic N) is 1. The average molecular weight is 210 g/mol. The second kappa shape index (κ2) is 5.21. The second-order valence-corrected chi connectivity index (χ2v) is 3.09. The Morgan fingerprint density at radius 2 is 2.07 bits per heavy atom. The molecule has 0 spiro atoms. The Morgan fingerprint density at radius 3 is 2.53 bits per heavy atom. The van der Waals surface area contributed by atoms with E-state index in [0.29, 0.717) is 5.75 Å². The lowest BCUT2D eigenvalue weighted by atomic mass is 10.2. The van der Waals surface area contributed by atoms with Gasteiger partial charge in [0.2, 0.25) is 0 Å². The van der Waals surface area contributed by atoms with Gasteiger partial charge in [0.1, 0.15) is 5.75 Å². The quantitative estimate of drug-likeness (QED) is 0.295. The van der Waals surface area contributed by atoms with Crippen LogP contribution < -0.4 is 10.5 Å². The molecule has 0 aliphatic rings. The first kappa shape index (κ1) is 11.3. The van der Waals surface area contributed by atoms with Gasteiger partial charge in [0.15, 0.2) is 11.9 Å². The largest absolute Gasteiger partial charge is 0.483 e. The Hall–Kier alpha value is -1.75. The third kappa shape index (κ3) is 3.14. The lowest BCUT2D eigenvalue weighted by Crippen LogP contribution is -2.31. The van der Waals surface area contributed by atoms with Crippen molar-refractivity contribution in [3.05, 3.63) is 29.8 Å². The van der Waals surface area contributed by atoms with Crippen LogP contribution in [0.25, 0.3) is 0 Å². The van der Waals surface area contributed by atoms with E-state index in [-0.39, 0.29) is 12.4 Å². The number of aliphatic hydroxyl groups excluding tert-OH is 1. The smallest absolute Gasteiger partial charge is 0.180 e. The van der Waals surface area contributed by atoms with Crippen molar-refractivity contribution in [1.82, 2.24) is 0 Å². The SMILES string of the molecule is CC(Oc1ccc(CO)cc1)C(N)=NO. The average Bonchev–Trinajstić information content (AvgIpc) is 2.29. The molecule has 0 bridgehead atoms. The van der Waals surface area contributed by atoms with E-state index in [2.05, 4.69) is 5.16 Å². The first-order chi connectivity index (χ1) is 7.17. The van der Waals surface area contributed by atoms with Crippen LogP contribution in [0.15, 0.2) is 29.4 Å². The Balaban J connectivity index is 2.65. The molecule has 0 amide bonds. The van der Waals surface area contributed by atoms with E-state index in [4.69, 9.17) is 20.8 Å². The summed E-state index contributed by atoms with van der Waals surface area (Å²) >= 11 is 0. The summed E-state index contributed by atoms with van der Waals surface area (Å²) in [4.78, 5) is 0. The number of ether oxygens (including phenoxy) is 1. The van der Waals surface area contributed by atoms with Crippen LogP contribution in [-0.4, -0.2) is 22.3 Å². The number of hydrogen-bond donors (Lipinski definition) is 3.